The first kappa shape index (κ1) is 19.4. The molecule has 0 N–H and O–H groups in total. The van der Waals surface area contributed by atoms with Crippen molar-refractivity contribution in [3.63, 3.8) is 0 Å². The van der Waals surface area contributed by atoms with Crippen molar-refractivity contribution in [2.75, 3.05) is 0 Å². The Balaban J connectivity index is 1.54. The van der Waals surface area contributed by atoms with E-state index in [-0.39, 0.29) is 0 Å². The standard InChI is InChI=1S/C33H25N/c1-21-16-22(2)18-26(17-21)23-14-15-31-29(20-23)28-11-5-6-12-30(28)34(31)32-13-7-9-25-19-24-8-3-4-10-27(24)33(25)32/h3-18,20H,19H2,1-2H3. The van der Waals surface area contributed by atoms with Crippen LogP contribution in [-0.4, -0.2) is 4.57 Å². The Labute approximate surface area is 199 Å². The average molecular weight is 436 g/mol. The van der Waals surface area contributed by atoms with Crippen molar-refractivity contribution in [1.82, 2.24) is 4.57 Å². The molecule has 0 atom stereocenters. The molecule has 0 spiro atoms. The molecule has 6 aromatic rings. The highest BCUT2D eigenvalue weighted by molar-refractivity contribution is 6.11. The minimum atomic E-state index is 1.01. The van der Waals surface area contributed by atoms with Crippen LogP contribution in [0.3, 0.4) is 0 Å². The molecule has 1 heterocycles. The molecule has 1 aliphatic carbocycles. The van der Waals surface area contributed by atoms with Crippen LogP contribution in [0.4, 0.5) is 0 Å². The second-order valence-electron chi connectivity index (χ2n) is 9.61. The molecule has 1 aliphatic rings. The number of fused-ring (bicyclic) bond motifs is 6. The normalized spacial score (nSPS) is 12.3. The SMILES string of the molecule is Cc1cc(C)cc(-c2ccc3c(c2)c2ccccc2n3-c2cccc3c2-c2ccccc2C3)c1. The Morgan fingerprint density at radius 2 is 1.29 bits per heavy atom. The third-order valence-corrected chi connectivity index (χ3v) is 7.26. The van der Waals surface area contributed by atoms with E-state index >= 15 is 0 Å². The van der Waals surface area contributed by atoms with Gasteiger partial charge in [-0.05, 0) is 72.4 Å². The van der Waals surface area contributed by atoms with Gasteiger partial charge < -0.3 is 4.57 Å². The van der Waals surface area contributed by atoms with Gasteiger partial charge in [0.2, 0.25) is 0 Å². The topological polar surface area (TPSA) is 4.93 Å². The van der Waals surface area contributed by atoms with E-state index in [2.05, 4.69) is 122 Å². The monoisotopic (exact) mass is 435 g/mol. The molecule has 5 aromatic carbocycles. The molecule has 0 aliphatic heterocycles. The van der Waals surface area contributed by atoms with Crippen LogP contribution < -0.4 is 0 Å². The van der Waals surface area contributed by atoms with Crippen molar-refractivity contribution in [3.8, 4) is 27.9 Å². The highest BCUT2D eigenvalue weighted by Gasteiger charge is 2.23. The number of benzene rings is 5. The van der Waals surface area contributed by atoms with Crippen LogP contribution in [0.15, 0.2) is 103 Å². The van der Waals surface area contributed by atoms with Crippen LogP contribution in [-0.2, 0) is 6.42 Å². The summed E-state index contributed by atoms with van der Waals surface area (Å²) in [7, 11) is 0. The molecule has 0 fully saturated rings. The Kier molecular flexibility index (Phi) is 4.10. The molecule has 0 amide bonds. The van der Waals surface area contributed by atoms with Crippen molar-refractivity contribution in [2.24, 2.45) is 0 Å². The maximum Gasteiger partial charge on any atom is 0.0543 e. The van der Waals surface area contributed by atoms with Crippen LogP contribution in [0.2, 0.25) is 0 Å². The molecule has 7 rings (SSSR count). The lowest BCUT2D eigenvalue weighted by Crippen LogP contribution is -1.97. The summed E-state index contributed by atoms with van der Waals surface area (Å²) < 4.78 is 2.47. The van der Waals surface area contributed by atoms with Gasteiger partial charge in [0, 0.05) is 16.3 Å². The fourth-order valence-corrected chi connectivity index (χ4v) is 5.91. The van der Waals surface area contributed by atoms with Crippen LogP contribution in [0.5, 0.6) is 0 Å². The summed E-state index contributed by atoms with van der Waals surface area (Å²) in [5.74, 6) is 0. The molecule has 1 heteroatoms. The smallest absolute Gasteiger partial charge is 0.0543 e. The number of nitrogens with zero attached hydrogens (tertiary/aromatic N) is 1. The molecule has 0 saturated carbocycles. The van der Waals surface area contributed by atoms with Crippen LogP contribution in [0, 0.1) is 13.8 Å². The molecule has 0 saturated heterocycles. The largest absolute Gasteiger partial charge is 0.309 e. The van der Waals surface area contributed by atoms with Gasteiger partial charge in [-0.1, -0.05) is 90.0 Å². The second-order valence-corrected chi connectivity index (χ2v) is 9.61. The van der Waals surface area contributed by atoms with Gasteiger partial charge in [-0.25, -0.2) is 0 Å². The van der Waals surface area contributed by atoms with Gasteiger partial charge in [0.15, 0.2) is 0 Å². The predicted octanol–water partition coefficient (Wildman–Crippen LogP) is 8.64. The van der Waals surface area contributed by atoms with Gasteiger partial charge in [0.1, 0.15) is 0 Å². The minimum absolute atomic E-state index is 1.01. The molecule has 0 unspecified atom stereocenters. The van der Waals surface area contributed by atoms with Crippen molar-refractivity contribution in [1.29, 1.82) is 0 Å². The zero-order valence-corrected chi connectivity index (χ0v) is 19.5. The molecule has 0 bridgehead atoms. The maximum atomic E-state index is 2.47. The second kappa shape index (κ2) is 7.20. The van der Waals surface area contributed by atoms with Gasteiger partial charge in [0.25, 0.3) is 0 Å². The predicted molar refractivity (Wildman–Crippen MR) is 144 cm³/mol. The molecule has 34 heavy (non-hydrogen) atoms. The summed E-state index contributed by atoms with van der Waals surface area (Å²) in [6, 6.07) is 38.2. The summed E-state index contributed by atoms with van der Waals surface area (Å²) >= 11 is 0. The number of hydrogen-bond donors (Lipinski definition) is 0. The number of aromatic nitrogens is 1. The van der Waals surface area contributed by atoms with E-state index in [1.165, 1.54) is 72.0 Å². The number of aryl methyl sites for hydroxylation is 2. The van der Waals surface area contributed by atoms with E-state index in [1.54, 1.807) is 0 Å². The summed E-state index contributed by atoms with van der Waals surface area (Å²) in [5, 5.41) is 2.60. The van der Waals surface area contributed by atoms with E-state index in [4.69, 9.17) is 0 Å². The first-order chi connectivity index (χ1) is 16.7. The van der Waals surface area contributed by atoms with Crippen LogP contribution in [0.25, 0.3) is 49.7 Å². The van der Waals surface area contributed by atoms with Crippen molar-refractivity contribution < 1.29 is 0 Å². The summed E-state index contributed by atoms with van der Waals surface area (Å²) in [4.78, 5) is 0. The molecule has 162 valence electrons. The molecular formula is C33H25N. The molecular weight excluding hydrogens is 410 g/mol. The third-order valence-electron chi connectivity index (χ3n) is 7.26. The van der Waals surface area contributed by atoms with Crippen LogP contribution in [0.1, 0.15) is 22.3 Å². The molecule has 0 radical (unpaired) electrons. The van der Waals surface area contributed by atoms with Crippen molar-refractivity contribution >= 4 is 21.8 Å². The fraction of sp³-hybridized carbons (Fsp3) is 0.0909. The third kappa shape index (κ3) is 2.80. The van der Waals surface area contributed by atoms with Gasteiger partial charge in [-0.15, -0.1) is 0 Å². The van der Waals surface area contributed by atoms with E-state index < -0.39 is 0 Å². The van der Waals surface area contributed by atoms with E-state index in [1.807, 2.05) is 0 Å². The Morgan fingerprint density at radius 3 is 2.18 bits per heavy atom. The lowest BCUT2D eigenvalue weighted by Gasteiger charge is -2.14. The molecule has 1 aromatic heterocycles. The van der Waals surface area contributed by atoms with Gasteiger partial charge in [-0.2, -0.15) is 0 Å². The zero-order chi connectivity index (χ0) is 22.8. The number of rotatable bonds is 2. The maximum absolute atomic E-state index is 2.47. The average Bonchev–Trinajstić information content (AvgIpc) is 3.39. The minimum Gasteiger partial charge on any atom is -0.309 e. The summed E-state index contributed by atoms with van der Waals surface area (Å²) in [6.07, 6.45) is 1.01. The molecule has 1 nitrogen and oxygen atoms in total. The summed E-state index contributed by atoms with van der Waals surface area (Å²) in [5.41, 5.74) is 14.5. The van der Waals surface area contributed by atoms with E-state index in [0.717, 1.165) is 6.42 Å². The first-order valence-electron chi connectivity index (χ1n) is 12.0. The first-order valence-corrected chi connectivity index (χ1v) is 12.0. The Hall–Kier alpha value is -4.10. The van der Waals surface area contributed by atoms with E-state index in [0.29, 0.717) is 0 Å². The zero-order valence-electron chi connectivity index (χ0n) is 19.5. The van der Waals surface area contributed by atoms with Crippen LogP contribution >= 0.6 is 0 Å². The lowest BCUT2D eigenvalue weighted by molar-refractivity contribution is 1.17. The van der Waals surface area contributed by atoms with Crippen molar-refractivity contribution in [3.05, 3.63) is 125 Å². The summed E-state index contributed by atoms with van der Waals surface area (Å²) in [6.45, 7) is 4.35. The van der Waals surface area contributed by atoms with E-state index in [9.17, 15) is 0 Å². The lowest BCUT2D eigenvalue weighted by atomic mass is 9.99. The fourth-order valence-electron chi connectivity index (χ4n) is 5.91. The van der Waals surface area contributed by atoms with Gasteiger partial charge >= 0.3 is 0 Å². The quantitative estimate of drug-likeness (QED) is 0.256. The highest BCUT2D eigenvalue weighted by atomic mass is 15.0. The number of hydrogen-bond acceptors (Lipinski definition) is 0. The number of para-hydroxylation sites is 1. The van der Waals surface area contributed by atoms with Gasteiger partial charge in [0.05, 0.1) is 16.7 Å². The highest BCUT2D eigenvalue weighted by Crippen LogP contribution is 2.43. The Morgan fingerprint density at radius 1 is 0.559 bits per heavy atom. The van der Waals surface area contributed by atoms with Crippen molar-refractivity contribution in [2.45, 2.75) is 20.3 Å². The Bertz CT molecular complexity index is 1730. The van der Waals surface area contributed by atoms with Gasteiger partial charge in [-0.3, -0.25) is 0 Å².